The van der Waals surface area contributed by atoms with Crippen LogP contribution < -0.4 is 10.9 Å². The molecule has 0 atom stereocenters. The Hall–Kier alpha value is -3.52. The number of rotatable bonds is 5. The van der Waals surface area contributed by atoms with Gasteiger partial charge in [0.25, 0.3) is 5.56 Å². The van der Waals surface area contributed by atoms with Gasteiger partial charge in [0, 0.05) is 15.8 Å². The molecule has 0 spiro atoms. The van der Waals surface area contributed by atoms with Crippen LogP contribution in [0.15, 0.2) is 59.7 Å². The van der Waals surface area contributed by atoms with Crippen LogP contribution in [-0.2, 0) is 16.1 Å². The predicted octanol–water partition coefficient (Wildman–Crippen LogP) is 3.43. The Morgan fingerprint density at radius 2 is 1.90 bits per heavy atom. The van der Waals surface area contributed by atoms with Gasteiger partial charge in [-0.25, -0.2) is 9.78 Å². The van der Waals surface area contributed by atoms with E-state index in [-0.39, 0.29) is 18.0 Å². The first-order chi connectivity index (χ1) is 14.1. The summed E-state index contributed by atoms with van der Waals surface area (Å²) in [6, 6.07) is 14.1. The average Bonchev–Trinajstić information content (AvgIpc) is 3.10. The van der Waals surface area contributed by atoms with Gasteiger partial charge in [-0.3, -0.25) is 14.2 Å². The Labute approximate surface area is 169 Å². The highest BCUT2D eigenvalue weighted by atomic mass is 32.1. The fraction of sp³-hybridized carbons (Fsp3) is 0.143. The van der Waals surface area contributed by atoms with Crippen molar-refractivity contribution in [1.29, 1.82) is 0 Å². The molecule has 2 aromatic heterocycles. The summed E-state index contributed by atoms with van der Waals surface area (Å²) >= 11 is 1.37. The zero-order valence-corrected chi connectivity index (χ0v) is 16.4. The van der Waals surface area contributed by atoms with Crippen molar-refractivity contribution in [2.24, 2.45) is 0 Å². The van der Waals surface area contributed by atoms with Crippen LogP contribution in [0.4, 0.5) is 5.69 Å². The second kappa shape index (κ2) is 7.84. The van der Waals surface area contributed by atoms with Gasteiger partial charge < -0.3 is 10.1 Å². The van der Waals surface area contributed by atoms with E-state index in [1.54, 1.807) is 31.2 Å². The maximum atomic E-state index is 12.8. The minimum Gasteiger partial charge on any atom is -0.462 e. The normalized spacial score (nSPS) is 10.9. The fourth-order valence-electron chi connectivity index (χ4n) is 2.99. The largest absolute Gasteiger partial charge is 0.462 e. The van der Waals surface area contributed by atoms with Crippen LogP contribution in [0.3, 0.4) is 0 Å². The number of hydrogen-bond acceptors (Lipinski definition) is 6. The summed E-state index contributed by atoms with van der Waals surface area (Å²) < 4.78 is 7.73. The Morgan fingerprint density at radius 3 is 2.66 bits per heavy atom. The van der Waals surface area contributed by atoms with Gasteiger partial charge in [-0.15, -0.1) is 11.3 Å². The number of thiophene rings is 1. The molecule has 2 aromatic carbocycles. The summed E-state index contributed by atoms with van der Waals surface area (Å²) in [5.41, 5.74) is 1.33. The average molecular weight is 407 g/mol. The minimum atomic E-state index is -0.417. The lowest BCUT2D eigenvalue weighted by Gasteiger charge is -2.08. The summed E-state index contributed by atoms with van der Waals surface area (Å²) in [4.78, 5) is 41.2. The molecule has 0 saturated heterocycles. The molecule has 7 nitrogen and oxygen atoms in total. The molecule has 0 aliphatic carbocycles. The maximum Gasteiger partial charge on any atom is 0.338 e. The molecule has 4 aromatic rings. The Balaban J connectivity index is 1.52. The van der Waals surface area contributed by atoms with Crippen molar-refractivity contribution < 1.29 is 14.3 Å². The van der Waals surface area contributed by atoms with Crippen LogP contribution in [0, 0.1) is 0 Å². The van der Waals surface area contributed by atoms with Gasteiger partial charge in [0.1, 0.15) is 11.2 Å². The molecule has 4 rings (SSSR count). The maximum absolute atomic E-state index is 12.8. The molecule has 146 valence electrons. The highest BCUT2D eigenvalue weighted by Gasteiger charge is 2.13. The summed E-state index contributed by atoms with van der Waals surface area (Å²) in [6.07, 6.45) is 1.40. The smallest absolute Gasteiger partial charge is 0.338 e. The van der Waals surface area contributed by atoms with Crippen LogP contribution in [0.25, 0.3) is 20.3 Å². The number of hydrogen-bond donors (Lipinski definition) is 1. The quantitative estimate of drug-likeness (QED) is 0.512. The lowest BCUT2D eigenvalue weighted by atomic mass is 10.2. The second-order valence-electron chi connectivity index (χ2n) is 6.30. The number of amides is 1. The molecule has 2 heterocycles. The SMILES string of the molecule is CCOC(=O)c1ccc(NC(=O)Cn2cnc3c(sc4ccccc43)c2=O)cc1. The van der Waals surface area contributed by atoms with Crippen molar-refractivity contribution in [3.8, 4) is 0 Å². The number of benzene rings is 2. The van der Waals surface area contributed by atoms with Crippen molar-refractivity contribution in [2.45, 2.75) is 13.5 Å². The number of nitrogens with zero attached hydrogens (tertiary/aromatic N) is 2. The van der Waals surface area contributed by atoms with E-state index in [2.05, 4.69) is 10.3 Å². The molecular weight excluding hydrogens is 390 g/mol. The molecule has 0 aliphatic heterocycles. The first-order valence-electron chi connectivity index (χ1n) is 9.00. The molecule has 0 unspecified atom stereocenters. The third kappa shape index (κ3) is 3.74. The number of esters is 1. The van der Waals surface area contributed by atoms with Crippen molar-refractivity contribution in [3.05, 3.63) is 70.8 Å². The van der Waals surface area contributed by atoms with Gasteiger partial charge in [0.15, 0.2) is 0 Å². The molecule has 8 heteroatoms. The van der Waals surface area contributed by atoms with E-state index in [4.69, 9.17) is 4.74 Å². The molecule has 1 N–H and O–H groups in total. The van der Waals surface area contributed by atoms with Gasteiger partial charge in [0.05, 0.1) is 24.0 Å². The Bertz CT molecular complexity index is 1270. The van der Waals surface area contributed by atoms with E-state index < -0.39 is 5.97 Å². The summed E-state index contributed by atoms with van der Waals surface area (Å²) in [6.45, 7) is 1.87. The molecule has 0 fully saturated rings. The van der Waals surface area contributed by atoms with Crippen molar-refractivity contribution in [2.75, 3.05) is 11.9 Å². The zero-order valence-electron chi connectivity index (χ0n) is 15.5. The Morgan fingerprint density at radius 1 is 1.14 bits per heavy atom. The third-order valence-corrected chi connectivity index (χ3v) is 5.49. The molecule has 0 radical (unpaired) electrons. The first kappa shape index (κ1) is 18.8. The molecule has 1 amide bonds. The third-order valence-electron chi connectivity index (χ3n) is 4.34. The summed E-state index contributed by atoms with van der Waals surface area (Å²) in [5.74, 6) is -0.780. The van der Waals surface area contributed by atoms with Gasteiger partial charge in [-0.05, 0) is 37.3 Å². The van der Waals surface area contributed by atoms with Crippen LogP contribution in [0.5, 0.6) is 0 Å². The van der Waals surface area contributed by atoms with E-state index in [0.29, 0.717) is 28.1 Å². The number of fused-ring (bicyclic) bond motifs is 3. The predicted molar refractivity (Wildman–Crippen MR) is 112 cm³/mol. The highest BCUT2D eigenvalue weighted by Crippen LogP contribution is 2.29. The molecule has 0 bridgehead atoms. The zero-order chi connectivity index (χ0) is 20.4. The standard InChI is InChI=1S/C21H17N3O4S/c1-2-28-21(27)13-7-9-14(10-8-13)23-17(25)11-24-12-22-18-15-5-3-4-6-16(15)29-19(18)20(24)26/h3-10,12H,2,11H2,1H3,(H,23,25). The van der Waals surface area contributed by atoms with E-state index in [1.165, 1.54) is 22.2 Å². The number of nitrogens with one attached hydrogen (secondary N) is 1. The van der Waals surface area contributed by atoms with E-state index in [0.717, 1.165) is 10.1 Å². The van der Waals surface area contributed by atoms with Crippen molar-refractivity contribution >= 4 is 49.2 Å². The van der Waals surface area contributed by atoms with Crippen molar-refractivity contribution in [1.82, 2.24) is 9.55 Å². The number of carbonyl (C=O) groups is 2. The molecule has 0 saturated carbocycles. The molecule has 29 heavy (non-hydrogen) atoms. The van der Waals surface area contributed by atoms with Crippen LogP contribution in [-0.4, -0.2) is 28.0 Å². The van der Waals surface area contributed by atoms with Gasteiger partial charge in [-0.2, -0.15) is 0 Å². The van der Waals surface area contributed by atoms with Gasteiger partial charge >= 0.3 is 5.97 Å². The number of carbonyl (C=O) groups excluding carboxylic acids is 2. The van der Waals surface area contributed by atoms with Crippen LogP contribution >= 0.6 is 11.3 Å². The lowest BCUT2D eigenvalue weighted by molar-refractivity contribution is -0.116. The second-order valence-corrected chi connectivity index (χ2v) is 7.35. The number of ether oxygens (including phenoxy) is 1. The monoisotopic (exact) mass is 407 g/mol. The van der Waals surface area contributed by atoms with Crippen LogP contribution in [0.2, 0.25) is 0 Å². The Kier molecular flexibility index (Phi) is 5.09. The topological polar surface area (TPSA) is 90.3 Å². The highest BCUT2D eigenvalue weighted by molar-refractivity contribution is 7.25. The van der Waals surface area contributed by atoms with E-state index >= 15 is 0 Å². The minimum absolute atomic E-state index is 0.157. The van der Waals surface area contributed by atoms with E-state index in [1.807, 2.05) is 24.3 Å². The number of aromatic nitrogens is 2. The van der Waals surface area contributed by atoms with E-state index in [9.17, 15) is 14.4 Å². The molecule has 0 aliphatic rings. The van der Waals surface area contributed by atoms with Crippen LogP contribution in [0.1, 0.15) is 17.3 Å². The summed E-state index contributed by atoms with van der Waals surface area (Å²) in [5, 5.41) is 3.65. The fourth-order valence-corrected chi connectivity index (χ4v) is 4.09. The number of anilines is 1. The molecular formula is C21H17N3O4S. The first-order valence-corrected chi connectivity index (χ1v) is 9.82. The van der Waals surface area contributed by atoms with Gasteiger partial charge in [0.2, 0.25) is 5.91 Å². The van der Waals surface area contributed by atoms with Gasteiger partial charge in [-0.1, -0.05) is 18.2 Å². The summed E-state index contributed by atoms with van der Waals surface area (Å²) in [7, 11) is 0. The van der Waals surface area contributed by atoms with Crippen molar-refractivity contribution in [3.63, 3.8) is 0 Å². The lowest BCUT2D eigenvalue weighted by Crippen LogP contribution is -2.27.